The standard InChI is InChI=1S/C6H4F6O/c1-3(5(7,8)9)2-4(13)6(10,11)12/h2,13H,1H2/b4-2+. The molecule has 0 fully saturated rings. The smallest absolute Gasteiger partial charge is 0.448 e. The van der Waals surface area contributed by atoms with Crippen LogP contribution in [0.2, 0.25) is 0 Å². The largest absolute Gasteiger partial charge is 0.504 e. The van der Waals surface area contributed by atoms with Crippen molar-refractivity contribution in [2.24, 2.45) is 0 Å². The van der Waals surface area contributed by atoms with Gasteiger partial charge in [-0.1, -0.05) is 6.58 Å². The second-order valence-corrected chi connectivity index (χ2v) is 2.05. The van der Waals surface area contributed by atoms with E-state index in [4.69, 9.17) is 5.11 Å². The van der Waals surface area contributed by atoms with Crippen LogP contribution in [0.15, 0.2) is 24.0 Å². The van der Waals surface area contributed by atoms with E-state index >= 15 is 0 Å². The number of rotatable bonds is 1. The Kier molecular flexibility index (Phi) is 3.02. The van der Waals surface area contributed by atoms with E-state index in [0.717, 1.165) is 0 Å². The van der Waals surface area contributed by atoms with Gasteiger partial charge in [0.15, 0.2) is 5.76 Å². The molecule has 0 aromatic heterocycles. The van der Waals surface area contributed by atoms with Crippen molar-refractivity contribution in [2.45, 2.75) is 12.4 Å². The molecule has 76 valence electrons. The zero-order valence-corrected chi connectivity index (χ0v) is 6.00. The maximum absolute atomic E-state index is 11.6. The lowest BCUT2D eigenvalue weighted by Crippen LogP contribution is -2.15. The molecule has 7 heteroatoms. The van der Waals surface area contributed by atoms with Crippen molar-refractivity contribution in [1.82, 2.24) is 0 Å². The lowest BCUT2D eigenvalue weighted by atomic mass is 10.2. The van der Waals surface area contributed by atoms with E-state index in [1.165, 1.54) is 0 Å². The molecular weight excluding hydrogens is 202 g/mol. The van der Waals surface area contributed by atoms with Gasteiger partial charge in [0, 0.05) is 0 Å². The monoisotopic (exact) mass is 206 g/mol. The van der Waals surface area contributed by atoms with Gasteiger partial charge in [-0.25, -0.2) is 0 Å². The van der Waals surface area contributed by atoms with Crippen LogP contribution in [-0.2, 0) is 0 Å². The third kappa shape index (κ3) is 3.86. The zero-order valence-electron chi connectivity index (χ0n) is 6.00. The van der Waals surface area contributed by atoms with Gasteiger partial charge in [-0.2, -0.15) is 26.3 Å². The molecule has 0 atom stereocenters. The first-order chi connectivity index (χ1) is 5.55. The van der Waals surface area contributed by atoms with Crippen molar-refractivity contribution in [2.75, 3.05) is 0 Å². The van der Waals surface area contributed by atoms with Crippen LogP contribution in [0.3, 0.4) is 0 Å². The first kappa shape index (κ1) is 11.9. The fourth-order valence-electron chi connectivity index (χ4n) is 0.329. The molecule has 0 rings (SSSR count). The SMILES string of the molecule is C=C(/C=C(/O)C(F)(F)F)C(F)(F)F. The van der Waals surface area contributed by atoms with Crippen LogP contribution in [0.25, 0.3) is 0 Å². The average molecular weight is 206 g/mol. The van der Waals surface area contributed by atoms with Crippen LogP contribution in [0, 0.1) is 0 Å². The molecule has 0 spiro atoms. The Balaban J connectivity index is 4.70. The second-order valence-electron chi connectivity index (χ2n) is 2.05. The predicted molar refractivity (Wildman–Crippen MR) is 32.0 cm³/mol. The summed E-state index contributed by atoms with van der Waals surface area (Å²) < 4.78 is 69.1. The zero-order chi connectivity index (χ0) is 10.9. The molecule has 0 saturated heterocycles. The highest BCUT2D eigenvalue weighted by molar-refractivity contribution is 5.23. The van der Waals surface area contributed by atoms with E-state index in [-0.39, 0.29) is 0 Å². The minimum Gasteiger partial charge on any atom is -0.504 e. The number of aliphatic hydroxyl groups excluding tert-OH is 1. The molecule has 0 aromatic carbocycles. The molecule has 0 unspecified atom stereocenters. The Labute approximate surface area is 69.0 Å². The second kappa shape index (κ2) is 3.31. The Hall–Kier alpha value is -1.14. The molecule has 0 heterocycles. The summed E-state index contributed by atoms with van der Waals surface area (Å²) in [5.74, 6) is -2.32. The van der Waals surface area contributed by atoms with Crippen molar-refractivity contribution >= 4 is 0 Å². The van der Waals surface area contributed by atoms with E-state index < -0.39 is 29.8 Å². The molecule has 0 amide bonds. The van der Waals surface area contributed by atoms with Gasteiger partial charge < -0.3 is 5.11 Å². The molecule has 1 N–H and O–H groups in total. The van der Waals surface area contributed by atoms with Crippen molar-refractivity contribution in [3.63, 3.8) is 0 Å². The van der Waals surface area contributed by atoms with Crippen LogP contribution in [-0.4, -0.2) is 17.5 Å². The minimum atomic E-state index is -5.19. The topological polar surface area (TPSA) is 20.2 Å². The summed E-state index contributed by atoms with van der Waals surface area (Å²) in [6, 6.07) is 0. The van der Waals surface area contributed by atoms with Gasteiger partial charge in [-0.05, 0) is 6.08 Å². The summed E-state index contributed by atoms with van der Waals surface area (Å²) in [5.41, 5.74) is -1.76. The highest BCUT2D eigenvalue weighted by Gasteiger charge is 2.37. The summed E-state index contributed by atoms with van der Waals surface area (Å²) in [7, 11) is 0. The van der Waals surface area contributed by atoms with Gasteiger partial charge in [0.2, 0.25) is 0 Å². The third-order valence-corrected chi connectivity index (χ3v) is 0.965. The van der Waals surface area contributed by atoms with Crippen molar-refractivity contribution in [3.8, 4) is 0 Å². The Morgan fingerprint density at radius 2 is 1.38 bits per heavy atom. The number of alkyl halides is 6. The van der Waals surface area contributed by atoms with Gasteiger partial charge in [-0.3, -0.25) is 0 Å². The van der Waals surface area contributed by atoms with Crippen molar-refractivity contribution in [3.05, 3.63) is 24.0 Å². The van der Waals surface area contributed by atoms with Gasteiger partial charge in [0.25, 0.3) is 0 Å². The molecule has 0 aliphatic carbocycles. The van der Waals surface area contributed by atoms with Crippen LogP contribution >= 0.6 is 0 Å². The molecule has 0 bridgehead atoms. The number of halogens is 6. The van der Waals surface area contributed by atoms with Gasteiger partial charge >= 0.3 is 12.4 Å². The van der Waals surface area contributed by atoms with E-state index in [0.29, 0.717) is 0 Å². The van der Waals surface area contributed by atoms with E-state index in [2.05, 4.69) is 6.58 Å². The van der Waals surface area contributed by atoms with Crippen LogP contribution in [0.4, 0.5) is 26.3 Å². The van der Waals surface area contributed by atoms with Crippen LogP contribution < -0.4 is 0 Å². The van der Waals surface area contributed by atoms with E-state index in [1.54, 1.807) is 0 Å². The fraction of sp³-hybridized carbons (Fsp3) is 0.333. The molecular formula is C6H4F6O. The Bertz CT molecular complexity index is 232. The average Bonchev–Trinajstić information content (AvgIpc) is 1.82. The minimum absolute atomic E-state index is 0.472. The molecule has 13 heavy (non-hydrogen) atoms. The summed E-state index contributed by atoms with van der Waals surface area (Å²) in [6.45, 7) is 2.32. The first-order valence-corrected chi connectivity index (χ1v) is 2.79. The molecule has 0 saturated carbocycles. The van der Waals surface area contributed by atoms with Crippen molar-refractivity contribution in [1.29, 1.82) is 0 Å². The molecule has 0 aromatic rings. The van der Waals surface area contributed by atoms with Crippen molar-refractivity contribution < 1.29 is 31.4 Å². The lowest BCUT2D eigenvalue weighted by Gasteiger charge is -2.08. The fourth-order valence-corrected chi connectivity index (χ4v) is 0.329. The maximum atomic E-state index is 11.6. The molecule has 0 aliphatic rings. The first-order valence-electron chi connectivity index (χ1n) is 2.79. The lowest BCUT2D eigenvalue weighted by molar-refractivity contribution is -0.121. The van der Waals surface area contributed by atoms with E-state index in [1.807, 2.05) is 0 Å². The van der Waals surface area contributed by atoms with Gasteiger partial charge in [-0.15, -0.1) is 0 Å². The number of allylic oxidation sites excluding steroid dienone is 3. The summed E-state index contributed by atoms with van der Waals surface area (Å²) in [4.78, 5) is 0. The third-order valence-electron chi connectivity index (χ3n) is 0.965. The predicted octanol–water partition coefficient (Wildman–Crippen LogP) is 3.11. The van der Waals surface area contributed by atoms with Crippen LogP contribution in [0.5, 0.6) is 0 Å². The summed E-state index contributed by atoms with van der Waals surface area (Å²) in [6.07, 6.45) is -10.6. The van der Waals surface area contributed by atoms with Crippen LogP contribution in [0.1, 0.15) is 0 Å². The number of hydrogen-bond donors (Lipinski definition) is 1. The van der Waals surface area contributed by atoms with Gasteiger partial charge in [0.1, 0.15) is 0 Å². The summed E-state index contributed by atoms with van der Waals surface area (Å²) >= 11 is 0. The Morgan fingerprint density at radius 3 is 1.62 bits per heavy atom. The highest BCUT2D eigenvalue weighted by Crippen LogP contribution is 2.29. The number of hydrogen-bond acceptors (Lipinski definition) is 1. The summed E-state index contributed by atoms with van der Waals surface area (Å²) in [5, 5.41) is 8.09. The normalized spacial score (nSPS) is 14.5. The molecule has 1 nitrogen and oxygen atoms in total. The molecule has 0 radical (unpaired) electrons. The quantitative estimate of drug-likeness (QED) is 0.397. The molecule has 0 aliphatic heterocycles. The Morgan fingerprint density at radius 1 is 1.00 bits per heavy atom. The van der Waals surface area contributed by atoms with E-state index in [9.17, 15) is 26.3 Å². The number of aliphatic hydroxyl groups is 1. The van der Waals surface area contributed by atoms with Gasteiger partial charge in [0.05, 0.1) is 5.57 Å². The highest BCUT2D eigenvalue weighted by atomic mass is 19.4. The maximum Gasteiger partial charge on any atom is 0.448 e.